The minimum absolute atomic E-state index is 0.0376. The normalized spacial score (nSPS) is 10.6. The molecule has 2 nitrogen and oxygen atoms in total. The van der Waals surface area contributed by atoms with Crippen LogP contribution in [0.1, 0.15) is 11.1 Å². The summed E-state index contributed by atoms with van der Waals surface area (Å²) in [5.74, 6) is -0.466. The minimum atomic E-state index is -0.466. The van der Waals surface area contributed by atoms with Crippen LogP contribution in [0.5, 0.6) is 0 Å². The molecule has 0 amide bonds. The number of nitrogens with two attached hydrogens (primary N) is 1. The second-order valence-electron chi connectivity index (χ2n) is 5.65. The Morgan fingerprint density at radius 1 is 0.833 bits per heavy atom. The lowest BCUT2D eigenvalue weighted by Gasteiger charge is -2.27. The molecule has 3 aromatic carbocycles. The van der Waals surface area contributed by atoms with Gasteiger partial charge < -0.3 is 10.6 Å². The molecule has 0 fully saturated rings. The lowest BCUT2D eigenvalue weighted by Crippen LogP contribution is -2.23. The van der Waals surface area contributed by atoms with Crippen molar-refractivity contribution in [2.75, 3.05) is 10.6 Å². The summed E-state index contributed by atoms with van der Waals surface area (Å²) in [6.45, 7) is 1.25. The fourth-order valence-electron chi connectivity index (χ4n) is 2.66. The van der Waals surface area contributed by atoms with E-state index in [1.165, 1.54) is 12.1 Å². The molecule has 0 aliphatic rings. The van der Waals surface area contributed by atoms with Crippen molar-refractivity contribution in [3.63, 3.8) is 0 Å². The van der Waals surface area contributed by atoms with Gasteiger partial charge in [-0.2, -0.15) is 0 Å². The first-order valence-corrected chi connectivity index (χ1v) is 8.08. The number of hydrogen-bond donors (Lipinski definition) is 1. The molecule has 3 rings (SSSR count). The maximum Gasteiger partial charge on any atom is 0.144 e. The van der Waals surface area contributed by atoms with Crippen molar-refractivity contribution in [2.24, 2.45) is 0 Å². The third-order valence-electron chi connectivity index (χ3n) is 3.84. The average Bonchev–Trinajstić information content (AvgIpc) is 2.59. The van der Waals surface area contributed by atoms with Gasteiger partial charge in [-0.1, -0.05) is 72.3 Å². The number of halogens is 2. The van der Waals surface area contributed by atoms with E-state index in [2.05, 4.69) is 4.90 Å². The van der Waals surface area contributed by atoms with Crippen LogP contribution < -0.4 is 10.6 Å². The Hall–Kier alpha value is -2.52. The highest BCUT2D eigenvalue weighted by molar-refractivity contribution is 6.31. The van der Waals surface area contributed by atoms with Crippen LogP contribution >= 0.6 is 11.6 Å². The highest BCUT2D eigenvalue weighted by Crippen LogP contribution is 2.31. The van der Waals surface area contributed by atoms with E-state index in [1.807, 2.05) is 60.7 Å². The number of rotatable bonds is 5. The van der Waals surface area contributed by atoms with Crippen molar-refractivity contribution >= 4 is 23.0 Å². The SMILES string of the molecule is Nc1cc(Cl)c(F)cc1N(Cc1ccccc1)Cc1ccccc1. The predicted molar refractivity (Wildman–Crippen MR) is 98.6 cm³/mol. The van der Waals surface area contributed by atoms with Gasteiger partial charge in [0.15, 0.2) is 0 Å². The Labute approximate surface area is 146 Å². The van der Waals surface area contributed by atoms with E-state index in [0.717, 1.165) is 11.1 Å². The van der Waals surface area contributed by atoms with Crippen LogP contribution in [0, 0.1) is 5.82 Å². The lowest BCUT2D eigenvalue weighted by atomic mass is 10.1. The minimum Gasteiger partial charge on any atom is -0.397 e. The Morgan fingerprint density at radius 3 is 1.83 bits per heavy atom. The summed E-state index contributed by atoms with van der Waals surface area (Å²) in [5.41, 5.74) is 9.47. The third kappa shape index (κ3) is 3.87. The smallest absolute Gasteiger partial charge is 0.144 e. The predicted octanol–water partition coefficient (Wildman–Crippen LogP) is 5.27. The standard InChI is InChI=1S/C20H18ClFN2/c21-17-11-19(23)20(12-18(17)22)24(13-15-7-3-1-4-8-15)14-16-9-5-2-6-10-16/h1-12H,13-14,23H2. The molecule has 4 heteroatoms. The van der Waals surface area contributed by atoms with Gasteiger partial charge >= 0.3 is 0 Å². The first-order valence-electron chi connectivity index (χ1n) is 7.71. The topological polar surface area (TPSA) is 29.3 Å². The van der Waals surface area contributed by atoms with Gasteiger partial charge in [0.25, 0.3) is 0 Å². The van der Waals surface area contributed by atoms with Gasteiger partial charge in [0.2, 0.25) is 0 Å². The molecule has 0 aromatic heterocycles. The van der Waals surface area contributed by atoms with Crippen molar-refractivity contribution < 1.29 is 4.39 Å². The third-order valence-corrected chi connectivity index (χ3v) is 4.13. The van der Waals surface area contributed by atoms with E-state index in [4.69, 9.17) is 17.3 Å². The van der Waals surface area contributed by atoms with Crippen molar-refractivity contribution in [2.45, 2.75) is 13.1 Å². The molecule has 0 aliphatic heterocycles. The number of benzene rings is 3. The van der Waals surface area contributed by atoms with E-state index in [9.17, 15) is 4.39 Å². The molecule has 0 radical (unpaired) electrons. The molecule has 2 N–H and O–H groups in total. The van der Waals surface area contributed by atoms with Crippen molar-refractivity contribution in [1.29, 1.82) is 0 Å². The molecule has 0 bridgehead atoms. The van der Waals surface area contributed by atoms with Crippen molar-refractivity contribution in [3.8, 4) is 0 Å². The molecule has 0 spiro atoms. The molecular formula is C20H18ClFN2. The van der Waals surface area contributed by atoms with Crippen LogP contribution in [-0.2, 0) is 13.1 Å². The molecule has 0 aliphatic carbocycles. The summed E-state index contributed by atoms with van der Waals surface area (Å²) in [4.78, 5) is 2.05. The molecule has 0 unspecified atom stereocenters. The first kappa shape index (κ1) is 16.3. The molecule has 122 valence electrons. The summed E-state index contributed by atoms with van der Waals surface area (Å²) in [7, 11) is 0. The Kier molecular flexibility index (Phi) is 5.02. The van der Waals surface area contributed by atoms with Crippen LogP contribution in [0.25, 0.3) is 0 Å². The molecule has 0 heterocycles. The number of nitrogens with zero attached hydrogens (tertiary/aromatic N) is 1. The molecule has 0 saturated carbocycles. The zero-order valence-corrected chi connectivity index (χ0v) is 13.9. The van der Waals surface area contributed by atoms with Crippen LogP contribution in [0.3, 0.4) is 0 Å². The van der Waals surface area contributed by atoms with Gasteiger partial charge in [0.05, 0.1) is 16.4 Å². The maximum atomic E-state index is 14.0. The van der Waals surface area contributed by atoms with Crippen LogP contribution in [-0.4, -0.2) is 0 Å². The highest BCUT2D eigenvalue weighted by atomic mass is 35.5. The highest BCUT2D eigenvalue weighted by Gasteiger charge is 2.14. The molecule has 0 saturated heterocycles. The second kappa shape index (κ2) is 7.37. The Bertz CT molecular complexity index is 765. The van der Waals surface area contributed by atoms with E-state index in [-0.39, 0.29) is 5.02 Å². The van der Waals surface area contributed by atoms with Crippen molar-refractivity contribution in [1.82, 2.24) is 0 Å². The second-order valence-corrected chi connectivity index (χ2v) is 6.06. The van der Waals surface area contributed by atoms with Crippen LogP contribution in [0.2, 0.25) is 5.02 Å². The zero-order chi connectivity index (χ0) is 16.9. The molecule has 24 heavy (non-hydrogen) atoms. The summed E-state index contributed by atoms with van der Waals surface area (Å²) in [5, 5.41) is 0.0376. The quantitative estimate of drug-likeness (QED) is 0.641. The fourth-order valence-corrected chi connectivity index (χ4v) is 2.83. The van der Waals surface area contributed by atoms with E-state index in [0.29, 0.717) is 24.5 Å². The summed E-state index contributed by atoms with van der Waals surface area (Å²) >= 11 is 5.84. The number of nitrogen functional groups attached to an aromatic ring is 1. The van der Waals surface area contributed by atoms with Gasteiger partial charge in [-0.25, -0.2) is 4.39 Å². The number of anilines is 2. The van der Waals surface area contributed by atoms with Gasteiger partial charge in [-0.15, -0.1) is 0 Å². The van der Waals surface area contributed by atoms with Crippen LogP contribution in [0.4, 0.5) is 15.8 Å². The molecule has 3 aromatic rings. The summed E-state index contributed by atoms with van der Waals surface area (Å²) < 4.78 is 14.0. The van der Waals surface area contributed by atoms with E-state index in [1.54, 1.807) is 0 Å². The fraction of sp³-hybridized carbons (Fsp3) is 0.100. The zero-order valence-electron chi connectivity index (χ0n) is 13.1. The van der Waals surface area contributed by atoms with E-state index < -0.39 is 5.82 Å². The van der Waals surface area contributed by atoms with Crippen LogP contribution in [0.15, 0.2) is 72.8 Å². The van der Waals surface area contributed by atoms with Gasteiger partial charge in [0.1, 0.15) is 5.82 Å². The number of hydrogen-bond acceptors (Lipinski definition) is 2. The van der Waals surface area contributed by atoms with Gasteiger partial charge in [0, 0.05) is 19.2 Å². The lowest BCUT2D eigenvalue weighted by molar-refractivity contribution is 0.626. The first-order chi connectivity index (χ1) is 11.6. The Balaban J connectivity index is 1.96. The average molecular weight is 341 g/mol. The molecular weight excluding hydrogens is 323 g/mol. The summed E-state index contributed by atoms with van der Waals surface area (Å²) in [6.07, 6.45) is 0. The van der Waals surface area contributed by atoms with Gasteiger partial charge in [-0.05, 0) is 17.2 Å². The van der Waals surface area contributed by atoms with E-state index >= 15 is 0 Å². The monoisotopic (exact) mass is 340 g/mol. The Morgan fingerprint density at radius 2 is 1.33 bits per heavy atom. The molecule has 0 atom stereocenters. The van der Waals surface area contributed by atoms with Gasteiger partial charge in [-0.3, -0.25) is 0 Å². The van der Waals surface area contributed by atoms with Crippen molar-refractivity contribution in [3.05, 3.63) is 94.8 Å². The maximum absolute atomic E-state index is 14.0. The summed E-state index contributed by atoms with van der Waals surface area (Å²) in [6, 6.07) is 22.9. The largest absolute Gasteiger partial charge is 0.397 e.